The second-order valence-corrected chi connectivity index (χ2v) is 6.18. The fourth-order valence-corrected chi connectivity index (χ4v) is 3.53. The number of thioether (sulfide) groups is 1. The van der Waals surface area contributed by atoms with Crippen molar-refractivity contribution in [2.24, 2.45) is 5.92 Å². The second-order valence-electron chi connectivity index (χ2n) is 5.14. The van der Waals surface area contributed by atoms with Crippen molar-refractivity contribution < 1.29 is 9.90 Å². The molecule has 2 aromatic rings. The first kappa shape index (κ1) is 15.6. The zero-order chi connectivity index (χ0) is 15.1. The van der Waals surface area contributed by atoms with Crippen LogP contribution >= 0.6 is 11.8 Å². The zero-order valence-electron chi connectivity index (χ0n) is 12.1. The van der Waals surface area contributed by atoms with E-state index in [4.69, 9.17) is 0 Å². The lowest BCUT2D eigenvalue weighted by atomic mass is 9.89. The van der Waals surface area contributed by atoms with Gasteiger partial charge in [0, 0.05) is 11.5 Å². The highest BCUT2D eigenvalue weighted by molar-refractivity contribution is 7.98. The maximum atomic E-state index is 11.5. The summed E-state index contributed by atoms with van der Waals surface area (Å²) in [6.07, 6.45) is 0. The van der Waals surface area contributed by atoms with Crippen molar-refractivity contribution in [1.29, 1.82) is 0 Å². The number of carboxylic acids is 1. The standard InChI is InChI=1S/C18H20O2S/c1-14(16-10-6-3-7-11-16)17(18(19)20)13-21-12-15-8-4-2-5-9-15/h2-11,14,17H,12-13H2,1H3,(H,19,20)/t14-,17+/m1/s1. The van der Waals surface area contributed by atoms with E-state index in [2.05, 4.69) is 12.1 Å². The minimum absolute atomic E-state index is 0.0203. The molecule has 2 rings (SSSR count). The second kappa shape index (κ2) is 7.89. The molecule has 0 radical (unpaired) electrons. The van der Waals surface area contributed by atoms with Gasteiger partial charge in [0.1, 0.15) is 0 Å². The van der Waals surface area contributed by atoms with E-state index in [-0.39, 0.29) is 11.8 Å². The maximum Gasteiger partial charge on any atom is 0.307 e. The first-order chi connectivity index (χ1) is 10.2. The third-order valence-electron chi connectivity index (χ3n) is 3.66. The van der Waals surface area contributed by atoms with Gasteiger partial charge in [0.25, 0.3) is 0 Å². The predicted molar refractivity (Wildman–Crippen MR) is 88.6 cm³/mol. The highest BCUT2D eigenvalue weighted by atomic mass is 32.2. The number of rotatable bonds is 7. The van der Waals surface area contributed by atoms with Crippen LogP contribution in [0.2, 0.25) is 0 Å². The summed E-state index contributed by atoms with van der Waals surface area (Å²) in [5.74, 6) is 0.423. The van der Waals surface area contributed by atoms with Crippen LogP contribution in [0, 0.1) is 5.92 Å². The lowest BCUT2D eigenvalue weighted by molar-refractivity contribution is -0.141. The van der Waals surface area contributed by atoms with Crippen LogP contribution in [0.4, 0.5) is 0 Å². The van der Waals surface area contributed by atoms with Crippen molar-refractivity contribution in [1.82, 2.24) is 0 Å². The van der Waals surface area contributed by atoms with Gasteiger partial charge < -0.3 is 5.11 Å². The molecule has 2 aromatic carbocycles. The van der Waals surface area contributed by atoms with Gasteiger partial charge >= 0.3 is 5.97 Å². The van der Waals surface area contributed by atoms with Gasteiger partial charge in [0.05, 0.1) is 5.92 Å². The summed E-state index contributed by atoms with van der Waals surface area (Å²) < 4.78 is 0. The summed E-state index contributed by atoms with van der Waals surface area (Å²) in [4.78, 5) is 11.5. The first-order valence-corrected chi connectivity index (χ1v) is 8.23. The van der Waals surface area contributed by atoms with Crippen LogP contribution in [0.5, 0.6) is 0 Å². The van der Waals surface area contributed by atoms with Crippen LogP contribution in [-0.4, -0.2) is 16.8 Å². The van der Waals surface area contributed by atoms with E-state index in [9.17, 15) is 9.90 Å². The molecule has 0 amide bonds. The Morgan fingerprint density at radius 2 is 1.62 bits per heavy atom. The van der Waals surface area contributed by atoms with Crippen molar-refractivity contribution >= 4 is 17.7 Å². The molecule has 3 heteroatoms. The summed E-state index contributed by atoms with van der Waals surface area (Å²) in [6, 6.07) is 20.0. The van der Waals surface area contributed by atoms with Gasteiger partial charge in [-0.3, -0.25) is 4.79 Å². The Bertz CT molecular complexity index is 554. The number of aliphatic carboxylic acids is 1. The molecular weight excluding hydrogens is 280 g/mol. The quantitative estimate of drug-likeness (QED) is 0.822. The third kappa shape index (κ3) is 4.64. The summed E-state index contributed by atoms with van der Waals surface area (Å²) in [5, 5.41) is 9.49. The van der Waals surface area contributed by atoms with Crippen LogP contribution < -0.4 is 0 Å². The largest absolute Gasteiger partial charge is 0.481 e. The Morgan fingerprint density at radius 1 is 1.05 bits per heavy atom. The molecule has 0 aliphatic rings. The SMILES string of the molecule is C[C@H](c1ccccc1)[C@H](CSCc1ccccc1)C(=O)O. The number of carboxylic acid groups (broad SMARTS) is 1. The first-order valence-electron chi connectivity index (χ1n) is 7.08. The van der Waals surface area contributed by atoms with Crippen molar-refractivity contribution in [3.63, 3.8) is 0 Å². The third-order valence-corrected chi connectivity index (χ3v) is 4.79. The lowest BCUT2D eigenvalue weighted by Crippen LogP contribution is -2.22. The maximum absolute atomic E-state index is 11.5. The van der Waals surface area contributed by atoms with Gasteiger partial charge in [0.2, 0.25) is 0 Å². The van der Waals surface area contributed by atoms with Crippen molar-refractivity contribution in [2.45, 2.75) is 18.6 Å². The van der Waals surface area contributed by atoms with E-state index in [1.807, 2.05) is 55.5 Å². The fraction of sp³-hybridized carbons (Fsp3) is 0.278. The minimum Gasteiger partial charge on any atom is -0.481 e. The Kier molecular flexibility index (Phi) is 5.88. The summed E-state index contributed by atoms with van der Waals surface area (Å²) in [6.45, 7) is 2.00. The van der Waals surface area contributed by atoms with Crippen molar-refractivity contribution in [3.05, 3.63) is 71.8 Å². The van der Waals surface area contributed by atoms with Crippen LogP contribution in [-0.2, 0) is 10.5 Å². The van der Waals surface area contributed by atoms with Gasteiger partial charge in [-0.25, -0.2) is 0 Å². The van der Waals surface area contributed by atoms with E-state index < -0.39 is 5.97 Å². The highest BCUT2D eigenvalue weighted by Gasteiger charge is 2.25. The number of hydrogen-bond donors (Lipinski definition) is 1. The predicted octanol–water partition coefficient (Wildman–Crippen LogP) is 4.42. The molecule has 0 heterocycles. The van der Waals surface area contributed by atoms with Gasteiger partial charge in [-0.15, -0.1) is 0 Å². The van der Waals surface area contributed by atoms with E-state index in [0.717, 1.165) is 11.3 Å². The minimum atomic E-state index is -0.716. The van der Waals surface area contributed by atoms with Crippen LogP contribution in [0.3, 0.4) is 0 Å². The molecule has 0 aliphatic carbocycles. The smallest absolute Gasteiger partial charge is 0.307 e. The summed E-state index contributed by atoms with van der Waals surface area (Å²) in [7, 11) is 0. The van der Waals surface area contributed by atoms with Crippen LogP contribution in [0.25, 0.3) is 0 Å². The molecule has 0 spiro atoms. The monoisotopic (exact) mass is 300 g/mol. The topological polar surface area (TPSA) is 37.3 Å². The van der Waals surface area contributed by atoms with E-state index >= 15 is 0 Å². The molecule has 21 heavy (non-hydrogen) atoms. The molecule has 0 unspecified atom stereocenters. The Morgan fingerprint density at radius 3 is 2.19 bits per heavy atom. The van der Waals surface area contributed by atoms with Gasteiger partial charge in [-0.1, -0.05) is 67.6 Å². The Balaban J connectivity index is 1.95. The molecule has 110 valence electrons. The van der Waals surface area contributed by atoms with Crippen molar-refractivity contribution in [2.75, 3.05) is 5.75 Å². The summed E-state index contributed by atoms with van der Waals surface area (Å²) in [5.41, 5.74) is 2.32. The Hall–Kier alpha value is -1.74. The number of hydrogen-bond acceptors (Lipinski definition) is 2. The van der Waals surface area contributed by atoms with Gasteiger partial charge in [-0.05, 0) is 17.0 Å². The highest BCUT2D eigenvalue weighted by Crippen LogP contribution is 2.28. The molecule has 2 atom stereocenters. The summed E-state index contributed by atoms with van der Waals surface area (Å²) >= 11 is 1.68. The molecule has 0 saturated heterocycles. The number of carbonyl (C=O) groups is 1. The molecule has 0 saturated carbocycles. The lowest BCUT2D eigenvalue weighted by Gasteiger charge is -2.20. The average Bonchev–Trinajstić information content (AvgIpc) is 2.52. The number of benzene rings is 2. The Labute approximate surface area is 130 Å². The van der Waals surface area contributed by atoms with E-state index in [1.54, 1.807) is 11.8 Å². The normalized spacial score (nSPS) is 13.6. The molecule has 1 N–H and O–H groups in total. The fourth-order valence-electron chi connectivity index (χ4n) is 2.30. The molecule has 2 nitrogen and oxygen atoms in total. The molecule has 0 aromatic heterocycles. The molecule has 0 fully saturated rings. The average molecular weight is 300 g/mol. The van der Waals surface area contributed by atoms with Crippen LogP contribution in [0.1, 0.15) is 24.0 Å². The van der Waals surface area contributed by atoms with Gasteiger partial charge in [0.15, 0.2) is 0 Å². The van der Waals surface area contributed by atoms with E-state index in [0.29, 0.717) is 5.75 Å². The zero-order valence-corrected chi connectivity index (χ0v) is 12.9. The molecular formula is C18H20O2S. The molecule has 0 bridgehead atoms. The molecule has 0 aliphatic heterocycles. The van der Waals surface area contributed by atoms with E-state index in [1.165, 1.54) is 5.56 Å². The van der Waals surface area contributed by atoms with Crippen LogP contribution in [0.15, 0.2) is 60.7 Å². The van der Waals surface area contributed by atoms with Gasteiger partial charge in [-0.2, -0.15) is 11.8 Å². The van der Waals surface area contributed by atoms with Crippen molar-refractivity contribution in [3.8, 4) is 0 Å².